The first kappa shape index (κ1) is 18.4. The Hall–Kier alpha value is -3.00. The molecule has 2 aromatic carbocycles. The molecular weight excluding hydrogens is 372 g/mol. The zero-order valence-corrected chi connectivity index (χ0v) is 16.9. The summed E-state index contributed by atoms with van der Waals surface area (Å²) in [6, 6.07) is 14.2. The predicted molar refractivity (Wildman–Crippen MR) is 107 cm³/mol. The van der Waals surface area contributed by atoms with E-state index in [0.29, 0.717) is 16.9 Å². The molecule has 8 heteroatoms. The lowest BCUT2D eigenvalue weighted by atomic mass is 10.1. The molecule has 4 aromatic rings. The predicted octanol–water partition coefficient (Wildman–Crippen LogP) is 4.49. The van der Waals surface area contributed by atoms with Crippen LogP contribution in [-0.4, -0.2) is 30.4 Å². The van der Waals surface area contributed by atoms with Crippen LogP contribution in [0.2, 0.25) is 0 Å². The van der Waals surface area contributed by atoms with Crippen LogP contribution in [0, 0.1) is 20.8 Å². The Labute approximate surface area is 167 Å². The van der Waals surface area contributed by atoms with Crippen LogP contribution < -0.4 is 0 Å². The average Bonchev–Trinajstić information content (AvgIpc) is 3.32. The molecule has 0 aliphatic rings. The van der Waals surface area contributed by atoms with Gasteiger partial charge < -0.3 is 4.42 Å². The highest BCUT2D eigenvalue weighted by molar-refractivity contribution is 7.99. The molecule has 0 saturated heterocycles. The highest BCUT2D eigenvalue weighted by Gasteiger charge is 2.20. The quantitative estimate of drug-likeness (QED) is 0.463. The molecule has 2 aromatic heterocycles. The Balaban J connectivity index is 1.56. The molecule has 0 saturated carbocycles. The largest absolute Gasteiger partial charge is 0.419 e. The zero-order chi connectivity index (χ0) is 19.7. The van der Waals surface area contributed by atoms with E-state index in [0.717, 1.165) is 16.8 Å². The first-order chi connectivity index (χ1) is 13.5. The molecule has 0 aliphatic heterocycles. The molecule has 0 radical (unpaired) electrons. The second-order valence-corrected chi connectivity index (χ2v) is 8.04. The number of thioether (sulfide) groups is 1. The van der Waals surface area contributed by atoms with Gasteiger partial charge in [0, 0.05) is 5.56 Å². The van der Waals surface area contributed by atoms with E-state index in [4.69, 9.17) is 4.42 Å². The molecule has 0 spiro atoms. The molecular formula is C20H20N6OS. The van der Waals surface area contributed by atoms with Crippen molar-refractivity contribution in [3.63, 3.8) is 0 Å². The molecule has 1 atom stereocenters. The second kappa shape index (κ2) is 7.55. The minimum Gasteiger partial charge on any atom is -0.419 e. The summed E-state index contributed by atoms with van der Waals surface area (Å²) in [5, 5.41) is 21.1. The van der Waals surface area contributed by atoms with E-state index in [-0.39, 0.29) is 5.25 Å². The normalized spacial score (nSPS) is 12.3. The van der Waals surface area contributed by atoms with Gasteiger partial charge in [-0.15, -0.1) is 15.3 Å². The van der Waals surface area contributed by atoms with Crippen LogP contribution in [0.1, 0.15) is 34.8 Å². The summed E-state index contributed by atoms with van der Waals surface area (Å²) in [6.07, 6.45) is 0. The van der Waals surface area contributed by atoms with E-state index in [1.54, 1.807) is 4.68 Å². The molecule has 28 heavy (non-hydrogen) atoms. The van der Waals surface area contributed by atoms with E-state index in [2.05, 4.69) is 38.7 Å². The van der Waals surface area contributed by atoms with Crippen LogP contribution in [0.4, 0.5) is 0 Å². The van der Waals surface area contributed by atoms with Crippen LogP contribution >= 0.6 is 11.8 Å². The van der Waals surface area contributed by atoms with Gasteiger partial charge in [-0.3, -0.25) is 0 Å². The molecule has 0 aliphatic carbocycles. The van der Waals surface area contributed by atoms with Gasteiger partial charge in [0.1, 0.15) is 0 Å². The first-order valence-corrected chi connectivity index (χ1v) is 9.82. The molecule has 0 amide bonds. The number of hydrogen-bond donors (Lipinski definition) is 0. The Kier molecular flexibility index (Phi) is 4.95. The standard InChI is InChI=1S/C20H20N6OS/c1-12-5-8-16(9-6-12)19-22-21-18(27-19)15(4)28-20-23-24-25-26(20)17-10-7-13(2)11-14(17)3/h5-11,15H,1-4H3/t15-/m0/s1. The molecule has 2 heterocycles. The molecule has 0 bridgehead atoms. The number of hydrogen-bond acceptors (Lipinski definition) is 7. The molecule has 7 nitrogen and oxygen atoms in total. The summed E-state index contributed by atoms with van der Waals surface area (Å²) in [7, 11) is 0. The Morgan fingerprint density at radius 1 is 0.929 bits per heavy atom. The van der Waals surface area contributed by atoms with Crippen molar-refractivity contribution in [1.29, 1.82) is 0 Å². The minimum atomic E-state index is -0.0952. The number of aromatic nitrogens is 6. The second-order valence-electron chi connectivity index (χ2n) is 6.73. The van der Waals surface area contributed by atoms with Crippen LogP contribution in [0.5, 0.6) is 0 Å². The van der Waals surface area contributed by atoms with Crippen molar-refractivity contribution in [2.75, 3.05) is 0 Å². The summed E-state index contributed by atoms with van der Waals surface area (Å²) in [6.45, 7) is 8.16. The van der Waals surface area contributed by atoms with Gasteiger partial charge in [-0.2, -0.15) is 4.68 Å². The molecule has 0 N–H and O–H groups in total. The number of benzene rings is 2. The van der Waals surface area contributed by atoms with Crippen molar-refractivity contribution in [2.24, 2.45) is 0 Å². The molecule has 142 valence electrons. The van der Waals surface area contributed by atoms with Crippen molar-refractivity contribution in [2.45, 2.75) is 38.1 Å². The van der Waals surface area contributed by atoms with E-state index in [1.165, 1.54) is 22.9 Å². The number of aryl methyl sites for hydroxylation is 3. The lowest BCUT2D eigenvalue weighted by molar-refractivity contribution is 0.508. The fraction of sp³-hybridized carbons (Fsp3) is 0.250. The van der Waals surface area contributed by atoms with Crippen LogP contribution in [0.15, 0.2) is 52.0 Å². The van der Waals surface area contributed by atoms with Gasteiger partial charge in [-0.05, 0) is 61.9 Å². The lowest BCUT2D eigenvalue weighted by Gasteiger charge is -2.10. The fourth-order valence-corrected chi connectivity index (χ4v) is 3.70. The Bertz CT molecular complexity index is 1100. The van der Waals surface area contributed by atoms with Crippen molar-refractivity contribution < 1.29 is 4.42 Å². The summed E-state index contributed by atoms with van der Waals surface area (Å²) in [5.41, 5.74) is 5.36. The monoisotopic (exact) mass is 392 g/mol. The van der Waals surface area contributed by atoms with Crippen molar-refractivity contribution >= 4 is 11.8 Å². The number of nitrogens with zero attached hydrogens (tertiary/aromatic N) is 6. The SMILES string of the molecule is Cc1ccc(-c2nnc([C@H](C)Sc3nnnn3-c3ccc(C)cc3C)o2)cc1. The maximum absolute atomic E-state index is 5.88. The summed E-state index contributed by atoms with van der Waals surface area (Å²) in [5.74, 6) is 1.05. The third-order valence-corrected chi connectivity index (χ3v) is 5.41. The van der Waals surface area contributed by atoms with Crippen molar-refractivity contribution in [3.8, 4) is 17.1 Å². The van der Waals surface area contributed by atoms with Gasteiger partial charge in [-0.25, -0.2) is 0 Å². The van der Waals surface area contributed by atoms with E-state index in [9.17, 15) is 0 Å². The van der Waals surface area contributed by atoms with Gasteiger partial charge in [-0.1, -0.05) is 47.2 Å². The van der Waals surface area contributed by atoms with Crippen molar-refractivity contribution in [3.05, 3.63) is 65.0 Å². The Morgan fingerprint density at radius 3 is 2.43 bits per heavy atom. The summed E-state index contributed by atoms with van der Waals surface area (Å²) >= 11 is 1.48. The summed E-state index contributed by atoms with van der Waals surface area (Å²) in [4.78, 5) is 0. The topological polar surface area (TPSA) is 82.5 Å². The van der Waals surface area contributed by atoms with Crippen molar-refractivity contribution in [1.82, 2.24) is 30.4 Å². The third-order valence-electron chi connectivity index (χ3n) is 4.39. The maximum Gasteiger partial charge on any atom is 0.247 e. The van der Waals surface area contributed by atoms with Gasteiger partial charge in [0.15, 0.2) is 0 Å². The number of rotatable bonds is 5. The van der Waals surface area contributed by atoms with Gasteiger partial charge in [0.05, 0.1) is 10.9 Å². The van der Waals surface area contributed by atoms with Gasteiger partial charge in [0.25, 0.3) is 0 Å². The third kappa shape index (κ3) is 3.68. The van der Waals surface area contributed by atoms with Gasteiger partial charge >= 0.3 is 0 Å². The van der Waals surface area contributed by atoms with Crippen LogP contribution in [0.3, 0.4) is 0 Å². The van der Waals surface area contributed by atoms with E-state index in [1.807, 2.05) is 57.2 Å². The molecule has 0 unspecified atom stereocenters. The zero-order valence-electron chi connectivity index (χ0n) is 16.1. The van der Waals surface area contributed by atoms with E-state index >= 15 is 0 Å². The maximum atomic E-state index is 5.88. The molecule has 0 fully saturated rings. The fourth-order valence-electron chi connectivity index (χ4n) is 2.87. The summed E-state index contributed by atoms with van der Waals surface area (Å²) < 4.78 is 7.63. The highest BCUT2D eigenvalue weighted by Crippen LogP contribution is 2.35. The van der Waals surface area contributed by atoms with Gasteiger partial charge in [0.2, 0.25) is 16.9 Å². The minimum absolute atomic E-state index is 0.0952. The first-order valence-electron chi connectivity index (χ1n) is 8.94. The smallest absolute Gasteiger partial charge is 0.247 e. The molecule has 4 rings (SSSR count). The average molecular weight is 392 g/mol. The lowest BCUT2D eigenvalue weighted by Crippen LogP contribution is -2.02. The highest BCUT2D eigenvalue weighted by atomic mass is 32.2. The Morgan fingerprint density at radius 2 is 1.68 bits per heavy atom. The van der Waals surface area contributed by atoms with E-state index < -0.39 is 0 Å². The van der Waals surface area contributed by atoms with Crippen LogP contribution in [0.25, 0.3) is 17.1 Å². The number of tetrazole rings is 1. The van der Waals surface area contributed by atoms with Crippen LogP contribution in [-0.2, 0) is 0 Å².